The summed E-state index contributed by atoms with van der Waals surface area (Å²) in [5, 5.41) is 19.1. The van der Waals surface area contributed by atoms with Crippen molar-refractivity contribution in [2.75, 3.05) is 47.0 Å². The summed E-state index contributed by atoms with van der Waals surface area (Å²) in [7, 11) is 3.09. The largest absolute Gasteiger partial charge is 0.483 e. The highest BCUT2D eigenvalue weighted by Crippen LogP contribution is 2.31. The summed E-state index contributed by atoms with van der Waals surface area (Å²) in [4.78, 5) is 40.9. The van der Waals surface area contributed by atoms with E-state index in [1.54, 1.807) is 25.2 Å². The fraction of sp³-hybridized carbons (Fsp3) is 0.318. The molecule has 0 saturated heterocycles. The Hall–Kier alpha value is -3.01. The van der Waals surface area contributed by atoms with Crippen LogP contribution in [0.3, 0.4) is 0 Å². The van der Waals surface area contributed by atoms with Gasteiger partial charge in [0.15, 0.2) is 12.0 Å². The predicted octanol–water partition coefficient (Wildman–Crippen LogP) is 1.31. The Kier molecular flexibility index (Phi) is 7.21. The lowest BCUT2D eigenvalue weighted by molar-refractivity contribution is -0.132. The Bertz CT molecular complexity index is 1180. The van der Waals surface area contributed by atoms with Crippen LogP contribution in [0, 0.1) is 0 Å². The number of aliphatic hydroxyl groups excluding tert-OH is 2. The molecule has 0 fully saturated rings. The Balaban J connectivity index is 2.09. The molecule has 8 nitrogen and oxygen atoms in total. The van der Waals surface area contributed by atoms with Crippen molar-refractivity contribution < 1.29 is 24.5 Å². The predicted molar refractivity (Wildman–Crippen MR) is 120 cm³/mol. The molecule has 2 amide bonds. The zero-order valence-corrected chi connectivity index (χ0v) is 18.1. The van der Waals surface area contributed by atoms with E-state index in [-0.39, 0.29) is 55.6 Å². The highest BCUT2D eigenvalue weighted by atomic mass is 32.1. The number of nitrogens with zero attached hydrogens (tertiary/aromatic N) is 2. The van der Waals surface area contributed by atoms with Crippen LogP contribution in [-0.2, 0) is 4.79 Å². The minimum absolute atomic E-state index is 0.118. The van der Waals surface area contributed by atoms with Crippen LogP contribution in [0.25, 0.3) is 20.2 Å². The summed E-state index contributed by atoms with van der Waals surface area (Å²) in [5.41, 5.74) is 0.0210. The molecule has 0 atom stereocenters. The van der Waals surface area contributed by atoms with Crippen molar-refractivity contribution in [2.24, 2.45) is 0 Å². The van der Waals surface area contributed by atoms with E-state index in [2.05, 4.69) is 0 Å². The van der Waals surface area contributed by atoms with Gasteiger partial charge < -0.3 is 24.7 Å². The number of hydrogen-bond donors (Lipinski definition) is 2. The van der Waals surface area contributed by atoms with Crippen LogP contribution in [-0.4, -0.2) is 78.8 Å². The van der Waals surface area contributed by atoms with E-state index in [1.165, 1.54) is 34.3 Å². The van der Waals surface area contributed by atoms with Gasteiger partial charge in [-0.1, -0.05) is 12.1 Å². The van der Waals surface area contributed by atoms with Gasteiger partial charge in [0.2, 0.25) is 0 Å². The summed E-state index contributed by atoms with van der Waals surface area (Å²) in [6.07, 6.45) is 0. The quantitative estimate of drug-likeness (QED) is 0.508. The summed E-state index contributed by atoms with van der Waals surface area (Å²) < 4.78 is 7.10. The molecule has 0 spiro atoms. The zero-order valence-electron chi connectivity index (χ0n) is 17.3. The molecule has 1 aromatic heterocycles. The smallest absolute Gasteiger partial charge is 0.260 e. The van der Waals surface area contributed by atoms with E-state index in [1.807, 2.05) is 12.1 Å². The van der Waals surface area contributed by atoms with Crippen LogP contribution in [0.4, 0.5) is 0 Å². The van der Waals surface area contributed by atoms with E-state index >= 15 is 0 Å². The van der Waals surface area contributed by atoms with E-state index in [4.69, 9.17) is 9.84 Å². The van der Waals surface area contributed by atoms with Crippen molar-refractivity contribution in [1.29, 1.82) is 0 Å². The van der Waals surface area contributed by atoms with Gasteiger partial charge in [-0.2, -0.15) is 0 Å². The van der Waals surface area contributed by atoms with E-state index < -0.39 is 5.91 Å². The first-order valence-electron chi connectivity index (χ1n) is 9.71. The number of fused-ring (bicyclic) bond motifs is 2. The topological polar surface area (TPSA) is 107 Å². The number of aliphatic hydroxyl groups is 2. The summed E-state index contributed by atoms with van der Waals surface area (Å²) in [5.74, 6) is -0.650. The van der Waals surface area contributed by atoms with Crippen LogP contribution in [0.15, 0.2) is 41.2 Å². The highest BCUT2D eigenvalue weighted by molar-refractivity contribution is 7.24. The first kappa shape index (κ1) is 22.7. The minimum Gasteiger partial charge on any atom is -0.483 e. The number of amides is 2. The highest BCUT2D eigenvalue weighted by Gasteiger charge is 2.21. The summed E-state index contributed by atoms with van der Waals surface area (Å²) in [6, 6.07) is 10.3. The molecule has 2 aromatic carbocycles. The van der Waals surface area contributed by atoms with Gasteiger partial charge in [-0.3, -0.25) is 14.4 Å². The summed E-state index contributed by atoms with van der Waals surface area (Å²) in [6.45, 7) is -0.445. The van der Waals surface area contributed by atoms with Crippen LogP contribution < -0.4 is 10.2 Å². The average Bonchev–Trinajstić information content (AvgIpc) is 2.77. The second-order valence-electron chi connectivity index (χ2n) is 7.05. The van der Waals surface area contributed by atoms with Gasteiger partial charge in [-0.15, -0.1) is 11.3 Å². The van der Waals surface area contributed by atoms with Crippen LogP contribution in [0.1, 0.15) is 10.4 Å². The van der Waals surface area contributed by atoms with Gasteiger partial charge in [0, 0.05) is 47.4 Å². The third-order valence-electron chi connectivity index (χ3n) is 4.90. The first-order valence-corrected chi connectivity index (χ1v) is 10.5. The Morgan fingerprint density at radius 1 is 0.968 bits per heavy atom. The molecule has 1 heterocycles. The molecular weight excluding hydrogens is 420 g/mol. The molecular formula is C22H24N2O6S. The first-order chi connectivity index (χ1) is 14.9. The molecule has 3 aromatic rings. The molecule has 2 N–H and O–H groups in total. The number of carbonyl (C=O) groups excluding carboxylic acids is 2. The Labute approximate surface area is 182 Å². The maximum atomic E-state index is 13.0. The molecule has 9 heteroatoms. The lowest BCUT2D eigenvalue weighted by Gasteiger charge is -2.20. The second-order valence-corrected chi connectivity index (χ2v) is 8.13. The van der Waals surface area contributed by atoms with Crippen LogP contribution >= 0.6 is 11.3 Å². The van der Waals surface area contributed by atoms with Gasteiger partial charge in [0.25, 0.3) is 11.8 Å². The number of ether oxygens (including phenoxy) is 1. The zero-order chi connectivity index (χ0) is 22.5. The van der Waals surface area contributed by atoms with Gasteiger partial charge in [-0.05, 0) is 24.3 Å². The molecule has 0 saturated carbocycles. The number of hydrogen-bond acceptors (Lipinski definition) is 7. The molecule has 164 valence electrons. The molecule has 0 aliphatic heterocycles. The van der Waals surface area contributed by atoms with Crippen molar-refractivity contribution in [3.05, 3.63) is 52.2 Å². The summed E-state index contributed by atoms with van der Waals surface area (Å²) >= 11 is 1.39. The van der Waals surface area contributed by atoms with Gasteiger partial charge in [0.1, 0.15) is 5.75 Å². The van der Waals surface area contributed by atoms with Gasteiger partial charge in [0.05, 0.1) is 18.8 Å². The normalized spacial score (nSPS) is 11.0. The second kappa shape index (κ2) is 9.86. The Morgan fingerprint density at radius 3 is 2.35 bits per heavy atom. The number of likely N-dealkylation sites (N-methyl/N-ethyl adjacent to an activating group) is 2. The lowest BCUT2D eigenvalue weighted by atomic mass is 10.1. The van der Waals surface area contributed by atoms with Crippen molar-refractivity contribution >= 4 is 43.3 Å². The van der Waals surface area contributed by atoms with Crippen molar-refractivity contribution in [2.45, 2.75) is 0 Å². The molecule has 0 aliphatic carbocycles. The molecule has 0 unspecified atom stereocenters. The lowest BCUT2D eigenvalue weighted by Crippen LogP contribution is -2.34. The standard InChI is InChI=1S/C22H24N2O6S/c1-23(7-9-25)20(27)13-30-17-11-16-19(12-15(17)22(29)24(2)8-10-26)31-18-6-4-3-5-14(18)21(16)28/h3-6,11-12,25-26H,7-10,13H2,1-2H3. The molecule has 31 heavy (non-hydrogen) atoms. The Morgan fingerprint density at radius 2 is 1.65 bits per heavy atom. The maximum Gasteiger partial charge on any atom is 0.260 e. The average molecular weight is 445 g/mol. The molecule has 0 bridgehead atoms. The van der Waals surface area contributed by atoms with Crippen molar-refractivity contribution in [3.63, 3.8) is 0 Å². The third kappa shape index (κ3) is 4.84. The molecule has 0 aliphatic rings. The van der Waals surface area contributed by atoms with Crippen LogP contribution in [0.2, 0.25) is 0 Å². The molecule has 0 radical (unpaired) electrons. The van der Waals surface area contributed by atoms with Gasteiger partial charge in [-0.25, -0.2) is 0 Å². The number of rotatable bonds is 8. The fourth-order valence-corrected chi connectivity index (χ4v) is 4.19. The fourth-order valence-electron chi connectivity index (χ4n) is 3.10. The third-order valence-corrected chi connectivity index (χ3v) is 6.04. The van der Waals surface area contributed by atoms with E-state index in [9.17, 15) is 19.5 Å². The molecule has 3 rings (SSSR count). The number of carbonyl (C=O) groups is 2. The van der Waals surface area contributed by atoms with Crippen LogP contribution in [0.5, 0.6) is 5.75 Å². The maximum absolute atomic E-state index is 13.0. The van der Waals surface area contributed by atoms with Crippen molar-refractivity contribution in [1.82, 2.24) is 9.80 Å². The van der Waals surface area contributed by atoms with E-state index in [0.717, 1.165) is 4.70 Å². The van der Waals surface area contributed by atoms with E-state index in [0.29, 0.717) is 15.5 Å². The monoisotopic (exact) mass is 444 g/mol. The number of benzene rings is 2. The van der Waals surface area contributed by atoms with Gasteiger partial charge >= 0.3 is 0 Å². The van der Waals surface area contributed by atoms with Crippen molar-refractivity contribution in [3.8, 4) is 5.75 Å². The minimum atomic E-state index is -0.394. The SMILES string of the molecule is CN(CCO)C(=O)COc1cc2c(=O)c3ccccc3sc2cc1C(=O)N(C)CCO.